The van der Waals surface area contributed by atoms with Crippen molar-refractivity contribution in [1.82, 2.24) is 14.5 Å². The lowest BCUT2D eigenvalue weighted by atomic mass is 10.3. The van der Waals surface area contributed by atoms with Gasteiger partial charge < -0.3 is 5.73 Å². The van der Waals surface area contributed by atoms with Crippen molar-refractivity contribution in [3.63, 3.8) is 0 Å². The molecule has 17 heavy (non-hydrogen) atoms. The average molecular weight is 245 g/mol. The maximum atomic E-state index is 5.97. The van der Waals surface area contributed by atoms with Gasteiger partial charge in [-0.25, -0.2) is 9.97 Å². The number of benzene rings is 1. The molecule has 3 rings (SSSR count). The van der Waals surface area contributed by atoms with E-state index in [1.165, 1.54) is 0 Å². The Morgan fingerprint density at radius 3 is 2.88 bits per heavy atom. The van der Waals surface area contributed by atoms with Crippen LogP contribution >= 0.6 is 11.6 Å². The van der Waals surface area contributed by atoms with Crippen molar-refractivity contribution in [1.29, 1.82) is 0 Å². The highest BCUT2D eigenvalue weighted by Gasteiger charge is 2.10. The smallest absolute Gasteiger partial charge is 0.207 e. The topological polar surface area (TPSA) is 56.7 Å². The second-order valence-electron chi connectivity index (χ2n) is 3.63. The Labute approximate surface area is 103 Å². The summed E-state index contributed by atoms with van der Waals surface area (Å²) in [5.74, 6) is 0.404. The molecule has 0 spiro atoms. The molecule has 1 aromatic carbocycles. The van der Waals surface area contributed by atoms with Crippen LogP contribution in [0.4, 0.5) is 5.95 Å². The highest BCUT2D eigenvalue weighted by atomic mass is 35.5. The number of fused-ring (bicyclic) bond motifs is 1. The van der Waals surface area contributed by atoms with E-state index in [2.05, 4.69) is 9.97 Å². The predicted molar refractivity (Wildman–Crippen MR) is 68.3 cm³/mol. The van der Waals surface area contributed by atoms with E-state index in [0.29, 0.717) is 11.0 Å². The highest BCUT2D eigenvalue weighted by molar-refractivity contribution is 6.30. The molecule has 0 aliphatic heterocycles. The molecule has 3 aromatic rings. The molecule has 5 heteroatoms. The zero-order chi connectivity index (χ0) is 11.8. The molecular formula is C12H9ClN4. The van der Waals surface area contributed by atoms with Crippen molar-refractivity contribution in [3.05, 3.63) is 47.6 Å². The summed E-state index contributed by atoms with van der Waals surface area (Å²) >= 11 is 5.97. The van der Waals surface area contributed by atoms with E-state index in [4.69, 9.17) is 17.3 Å². The molecule has 2 aromatic heterocycles. The van der Waals surface area contributed by atoms with Crippen LogP contribution in [-0.4, -0.2) is 14.5 Å². The van der Waals surface area contributed by atoms with Crippen molar-refractivity contribution < 1.29 is 0 Å². The molecule has 0 saturated heterocycles. The van der Waals surface area contributed by atoms with E-state index < -0.39 is 0 Å². The summed E-state index contributed by atoms with van der Waals surface area (Å²) in [5, 5.41) is 0.652. The lowest BCUT2D eigenvalue weighted by molar-refractivity contribution is 1.08. The Kier molecular flexibility index (Phi) is 2.23. The van der Waals surface area contributed by atoms with E-state index >= 15 is 0 Å². The fraction of sp³-hybridized carbons (Fsp3) is 0. The van der Waals surface area contributed by atoms with Gasteiger partial charge in [0.05, 0.1) is 5.69 Å². The normalized spacial score (nSPS) is 10.9. The Balaban J connectivity index is 2.33. The molecule has 0 fully saturated rings. The summed E-state index contributed by atoms with van der Waals surface area (Å²) in [7, 11) is 0. The molecule has 0 saturated carbocycles. The van der Waals surface area contributed by atoms with E-state index in [1.54, 1.807) is 10.8 Å². The fourth-order valence-electron chi connectivity index (χ4n) is 1.80. The highest BCUT2D eigenvalue weighted by Crippen LogP contribution is 2.22. The molecule has 0 aliphatic rings. The first-order valence-corrected chi connectivity index (χ1v) is 5.48. The van der Waals surface area contributed by atoms with Gasteiger partial charge in [0.25, 0.3) is 0 Å². The second-order valence-corrected chi connectivity index (χ2v) is 4.07. The van der Waals surface area contributed by atoms with Gasteiger partial charge in [-0.1, -0.05) is 17.7 Å². The van der Waals surface area contributed by atoms with Crippen LogP contribution in [0, 0.1) is 0 Å². The third-order valence-corrected chi connectivity index (χ3v) is 2.74. The van der Waals surface area contributed by atoms with Crippen LogP contribution in [0.1, 0.15) is 0 Å². The molecule has 84 valence electrons. The number of hydrogen-bond donors (Lipinski definition) is 1. The minimum Gasteiger partial charge on any atom is -0.369 e. The molecule has 2 heterocycles. The third-order valence-electron chi connectivity index (χ3n) is 2.51. The van der Waals surface area contributed by atoms with Crippen molar-refractivity contribution >= 4 is 28.7 Å². The Morgan fingerprint density at radius 2 is 2.06 bits per heavy atom. The SMILES string of the molecule is Nc1nc2cccnc2n1-c1cccc(Cl)c1. The molecule has 4 nitrogen and oxygen atoms in total. The first kappa shape index (κ1) is 10.1. The number of anilines is 1. The molecule has 0 radical (unpaired) electrons. The molecule has 0 aliphatic carbocycles. The van der Waals surface area contributed by atoms with Gasteiger partial charge >= 0.3 is 0 Å². The van der Waals surface area contributed by atoms with Crippen LogP contribution in [0.2, 0.25) is 5.02 Å². The summed E-state index contributed by atoms with van der Waals surface area (Å²) in [4.78, 5) is 8.54. The van der Waals surface area contributed by atoms with Crippen LogP contribution in [0.3, 0.4) is 0 Å². The zero-order valence-corrected chi connectivity index (χ0v) is 9.59. The number of nitrogens with two attached hydrogens (primary N) is 1. The Morgan fingerprint density at radius 1 is 1.18 bits per heavy atom. The standard InChI is InChI=1S/C12H9ClN4/c13-8-3-1-4-9(7-8)17-11-10(16-12(17)14)5-2-6-15-11/h1-7H,(H2,14,16). The number of aromatic nitrogens is 3. The van der Waals surface area contributed by atoms with Crippen LogP contribution in [-0.2, 0) is 0 Å². The fourth-order valence-corrected chi connectivity index (χ4v) is 1.98. The summed E-state index contributed by atoms with van der Waals surface area (Å²) in [5.41, 5.74) is 8.26. The Hall–Kier alpha value is -2.07. The van der Waals surface area contributed by atoms with E-state index in [-0.39, 0.29) is 0 Å². The lowest BCUT2D eigenvalue weighted by Crippen LogP contribution is -2.01. The Bertz CT molecular complexity index is 690. The van der Waals surface area contributed by atoms with Crippen molar-refractivity contribution in [2.75, 3.05) is 5.73 Å². The lowest BCUT2D eigenvalue weighted by Gasteiger charge is -2.05. The summed E-state index contributed by atoms with van der Waals surface area (Å²) in [6.45, 7) is 0. The number of rotatable bonds is 1. The molecule has 0 bridgehead atoms. The van der Waals surface area contributed by atoms with Crippen LogP contribution in [0.5, 0.6) is 0 Å². The van der Waals surface area contributed by atoms with E-state index in [1.807, 2.05) is 36.4 Å². The number of nitrogen functional groups attached to an aromatic ring is 1. The second kappa shape index (κ2) is 3.75. The minimum absolute atomic E-state index is 0.404. The van der Waals surface area contributed by atoms with Crippen LogP contribution in [0.15, 0.2) is 42.6 Å². The monoisotopic (exact) mass is 244 g/mol. The molecule has 0 atom stereocenters. The molecule has 2 N–H and O–H groups in total. The van der Waals surface area contributed by atoms with Crippen molar-refractivity contribution in [3.8, 4) is 5.69 Å². The average Bonchev–Trinajstić information content (AvgIpc) is 2.64. The van der Waals surface area contributed by atoms with Gasteiger partial charge in [-0.05, 0) is 30.3 Å². The number of halogens is 1. The summed E-state index contributed by atoms with van der Waals surface area (Å²) in [6.07, 6.45) is 1.71. The maximum Gasteiger partial charge on any atom is 0.207 e. The largest absolute Gasteiger partial charge is 0.369 e. The third kappa shape index (κ3) is 1.62. The van der Waals surface area contributed by atoms with Gasteiger partial charge in [0.1, 0.15) is 5.52 Å². The van der Waals surface area contributed by atoms with E-state index in [9.17, 15) is 0 Å². The maximum absolute atomic E-state index is 5.97. The van der Waals surface area contributed by atoms with Crippen LogP contribution in [0.25, 0.3) is 16.9 Å². The van der Waals surface area contributed by atoms with Crippen LogP contribution < -0.4 is 5.73 Å². The van der Waals surface area contributed by atoms with Crippen molar-refractivity contribution in [2.24, 2.45) is 0 Å². The number of imidazole rings is 1. The van der Waals surface area contributed by atoms with Gasteiger partial charge in [-0.2, -0.15) is 0 Å². The first-order chi connectivity index (χ1) is 8.25. The number of pyridine rings is 1. The van der Waals surface area contributed by atoms with Gasteiger partial charge in [-0.15, -0.1) is 0 Å². The molecule has 0 unspecified atom stereocenters. The van der Waals surface area contributed by atoms with Gasteiger partial charge in [-0.3, -0.25) is 4.57 Å². The minimum atomic E-state index is 0.404. The van der Waals surface area contributed by atoms with E-state index in [0.717, 1.165) is 16.9 Å². The predicted octanol–water partition coefficient (Wildman–Crippen LogP) is 2.66. The molecule has 0 amide bonds. The van der Waals surface area contributed by atoms with Crippen molar-refractivity contribution in [2.45, 2.75) is 0 Å². The summed E-state index contributed by atoms with van der Waals surface area (Å²) < 4.78 is 1.78. The quantitative estimate of drug-likeness (QED) is 0.716. The van der Waals surface area contributed by atoms with Gasteiger partial charge in [0.15, 0.2) is 5.65 Å². The van der Waals surface area contributed by atoms with Gasteiger partial charge in [0.2, 0.25) is 5.95 Å². The van der Waals surface area contributed by atoms with Gasteiger partial charge in [0, 0.05) is 11.2 Å². The zero-order valence-electron chi connectivity index (χ0n) is 8.84. The number of nitrogens with zero attached hydrogens (tertiary/aromatic N) is 3. The number of hydrogen-bond acceptors (Lipinski definition) is 3. The first-order valence-electron chi connectivity index (χ1n) is 5.10. The molecular weight excluding hydrogens is 236 g/mol. The summed E-state index contributed by atoms with van der Waals surface area (Å²) in [6, 6.07) is 11.1.